The maximum absolute atomic E-state index is 12.4. The molecule has 1 saturated heterocycles. The van der Waals surface area contributed by atoms with Crippen LogP contribution in [0.2, 0.25) is 5.02 Å². The van der Waals surface area contributed by atoms with Crippen molar-refractivity contribution in [1.82, 2.24) is 14.8 Å². The second-order valence-corrected chi connectivity index (χ2v) is 6.07. The monoisotopic (exact) mass is 326 g/mol. The minimum absolute atomic E-state index is 0.0415. The number of hydrogen-bond acceptors (Lipinski definition) is 5. The predicted octanol–water partition coefficient (Wildman–Crippen LogP) is 1.21. The largest absolute Gasteiger partial charge is 0.378 e. The maximum atomic E-state index is 12.4. The van der Waals surface area contributed by atoms with Crippen molar-refractivity contribution >= 4 is 23.3 Å². The van der Waals surface area contributed by atoms with E-state index >= 15 is 0 Å². The number of aromatic nitrogens is 1. The van der Waals surface area contributed by atoms with E-state index in [1.165, 1.54) is 0 Å². The number of carbonyl (C=O) groups excluding carboxylic acids is 1. The van der Waals surface area contributed by atoms with Gasteiger partial charge in [0.05, 0.1) is 23.8 Å². The molecule has 0 bridgehead atoms. The van der Waals surface area contributed by atoms with Crippen molar-refractivity contribution in [3.63, 3.8) is 0 Å². The molecule has 0 unspecified atom stereocenters. The zero-order chi connectivity index (χ0) is 16.1. The van der Waals surface area contributed by atoms with Crippen LogP contribution >= 0.6 is 11.6 Å². The number of halogens is 1. The lowest BCUT2D eigenvalue weighted by atomic mass is 10.2. The van der Waals surface area contributed by atoms with Crippen molar-refractivity contribution < 1.29 is 9.53 Å². The number of rotatable bonds is 5. The third-order valence-electron chi connectivity index (χ3n) is 3.61. The van der Waals surface area contributed by atoms with E-state index in [1.54, 1.807) is 17.2 Å². The lowest BCUT2D eigenvalue weighted by molar-refractivity contribution is 0.0302. The fraction of sp³-hybridized carbons (Fsp3) is 0.600. The van der Waals surface area contributed by atoms with Gasteiger partial charge in [-0.15, -0.1) is 0 Å². The number of likely N-dealkylation sites (N-methyl/N-ethyl adjacent to an activating group) is 2. The Morgan fingerprint density at radius 2 is 2.00 bits per heavy atom. The number of pyridine rings is 1. The zero-order valence-electron chi connectivity index (χ0n) is 13.4. The van der Waals surface area contributed by atoms with Gasteiger partial charge in [0.2, 0.25) is 0 Å². The Morgan fingerprint density at radius 1 is 1.32 bits per heavy atom. The Hall–Kier alpha value is -1.37. The van der Waals surface area contributed by atoms with E-state index in [0.717, 1.165) is 13.1 Å². The fourth-order valence-electron chi connectivity index (χ4n) is 2.23. The maximum Gasteiger partial charge on any atom is 0.255 e. The Labute approximate surface area is 136 Å². The first-order valence-electron chi connectivity index (χ1n) is 7.37. The number of hydrogen-bond donors (Lipinski definition) is 0. The molecule has 0 aromatic carbocycles. The normalized spacial score (nSPS) is 15.2. The van der Waals surface area contributed by atoms with Gasteiger partial charge in [-0.1, -0.05) is 11.6 Å². The van der Waals surface area contributed by atoms with Crippen molar-refractivity contribution in [3.8, 4) is 0 Å². The first-order valence-corrected chi connectivity index (χ1v) is 7.75. The Bertz CT molecular complexity index is 518. The number of morpholine rings is 1. The molecule has 0 aliphatic carbocycles. The Morgan fingerprint density at radius 3 is 2.59 bits per heavy atom. The van der Waals surface area contributed by atoms with Crippen LogP contribution in [0.3, 0.4) is 0 Å². The molecule has 0 radical (unpaired) electrons. The minimum Gasteiger partial charge on any atom is -0.378 e. The van der Waals surface area contributed by atoms with Gasteiger partial charge in [0.15, 0.2) is 0 Å². The summed E-state index contributed by atoms with van der Waals surface area (Å²) < 4.78 is 5.26. The number of ether oxygens (including phenoxy) is 1. The van der Waals surface area contributed by atoms with Gasteiger partial charge < -0.3 is 19.4 Å². The molecule has 1 fully saturated rings. The van der Waals surface area contributed by atoms with E-state index in [-0.39, 0.29) is 5.91 Å². The second-order valence-electron chi connectivity index (χ2n) is 5.66. The van der Waals surface area contributed by atoms with Crippen LogP contribution in [-0.4, -0.2) is 81.2 Å². The van der Waals surface area contributed by atoms with E-state index in [9.17, 15) is 4.79 Å². The Kier molecular flexibility index (Phi) is 5.99. The number of nitrogens with zero attached hydrogens (tertiary/aromatic N) is 4. The molecular formula is C15H23ClN4O2. The average molecular weight is 327 g/mol. The van der Waals surface area contributed by atoms with Crippen LogP contribution in [-0.2, 0) is 4.74 Å². The van der Waals surface area contributed by atoms with Gasteiger partial charge in [-0.05, 0) is 20.2 Å². The molecule has 7 heteroatoms. The summed E-state index contributed by atoms with van der Waals surface area (Å²) >= 11 is 6.31. The van der Waals surface area contributed by atoms with Crippen molar-refractivity contribution in [2.75, 3.05) is 65.4 Å². The molecule has 122 valence electrons. The van der Waals surface area contributed by atoms with Gasteiger partial charge in [-0.2, -0.15) is 0 Å². The molecule has 6 nitrogen and oxygen atoms in total. The molecule has 0 N–H and O–H groups in total. The quantitative estimate of drug-likeness (QED) is 0.814. The summed E-state index contributed by atoms with van der Waals surface area (Å²) in [5, 5.41) is 0.500. The Balaban J connectivity index is 2.06. The van der Waals surface area contributed by atoms with Crippen LogP contribution in [0, 0.1) is 0 Å². The van der Waals surface area contributed by atoms with Gasteiger partial charge in [0.25, 0.3) is 5.91 Å². The topological polar surface area (TPSA) is 48.9 Å². The summed E-state index contributed by atoms with van der Waals surface area (Å²) in [6.07, 6.45) is 1.60. The van der Waals surface area contributed by atoms with Crippen molar-refractivity contribution in [2.24, 2.45) is 0 Å². The summed E-state index contributed by atoms with van der Waals surface area (Å²) in [6.45, 7) is 4.11. The predicted molar refractivity (Wildman–Crippen MR) is 87.8 cm³/mol. The highest BCUT2D eigenvalue weighted by Crippen LogP contribution is 2.23. The van der Waals surface area contributed by atoms with E-state index < -0.39 is 0 Å². The zero-order valence-corrected chi connectivity index (χ0v) is 14.1. The summed E-state index contributed by atoms with van der Waals surface area (Å²) in [5.41, 5.74) is 0.525. The van der Waals surface area contributed by atoms with Crippen molar-refractivity contribution in [3.05, 3.63) is 22.8 Å². The van der Waals surface area contributed by atoms with E-state index in [4.69, 9.17) is 16.3 Å². The molecule has 0 saturated carbocycles. The first-order chi connectivity index (χ1) is 10.5. The molecule has 2 heterocycles. The summed E-state index contributed by atoms with van der Waals surface area (Å²) in [5.74, 6) is 0.655. The van der Waals surface area contributed by atoms with Crippen LogP contribution in [0.1, 0.15) is 10.4 Å². The van der Waals surface area contributed by atoms with Crippen LogP contribution < -0.4 is 4.90 Å². The lowest BCUT2D eigenvalue weighted by Gasteiger charge is -2.27. The van der Waals surface area contributed by atoms with Crippen LogP contribution in [0.4, 0.5) is 5.82 Å². The molecule has 0 spiro atoms. The number of carbonyl (C=O) groups is 1. The molecular weight excluding hydrogens is 304 g/mol. The standard InChI is InChI=1S/C15H23ClN4O2/c1-18(2)4-5-19(3)14-13(16)10-12(11-17-14)15(21)20-6-8-22-9-7-20/h10-11H,4-9H2,1-3H3. The molecule has 1 amide bonds. The highest BCUT2D eigenvalue weighted by molar-refractivity contribution is 6.33. The summed E-state index contributed by atoms with van der Waals surface area (Å²) in [4.78, 5) is 22.6. The molecule has 1 aliphatic rings. The number of anilines is 1. The molecule has 1 aromatic rings. The SMILES string of the molecule is CN(C)CCN(C)c1ncc(C(=O)N2CCOCC2)cc1Cl. The van der Waals surface area contributed by atoms with Gasteiger partial charge in [0, 0.05) is 39.4 Å². The lowest BCUT2D eigenvalue weighted by Crippen LogP contribution is -2.40. The summed E-state index contributed by atoms with van der Waals surface area (Å²) in [6, 6.07) is 1.70. The highest BCUT2D eigenvalue weighted by Gasteiger charge is 2.20. The van der Waals surface area contributed by atoms with Crippen LogP contribution in [0.25, 0.3) is 0 Å². The smallest absolute Gasteiger partial charge is 0.255 e. The molecule has 1 aromatic heterocycles. The molecule has 22 heavy (non-hydrogen) atoms. The first kappa shape index (κ1) is 17.0. The molecule has 0 atom stereocenters. The molecule has 1 aliphatic heterocycles. The second kappa shape index (κ2) is 7.76. The fourth-order valence-corrected chi connectivity index (χ4v) is 2.54. The van der Waals surface area contributed by atoms with E-state index in [2.05, 4.69) is 9.88 Å². The minimum atomic E-state index is -0.0415. The average Bonchev–Trinajstić information content (AvgIpc) is 2.52. The van der Waals surface area contributed by atoms with Gasteiger partial charge in [-0.3, -0.25) is 4.79 Å². The van der Waals surface area contributed by atoms with Gasteiger partial charge in [0.1, 0.15) is 5.82 Å². The number of amides is 1. The van der Waals surface area contributed by atoms with Crippen molar-refractivity contribution in [1.29, 1.82) is 0 Å². The third kappa shape index (κ3) is 4.32. The molecule has 2 rings (SSSR count). The third-order valence-corrected chi connectivity index (χ3v) is 3.89. The van der Waals surface area contributed by atoms with E-state index in [1.807, 2.05) is 26.0 Å². The van der Waals surface area contributed by atoms with Gasteiger partial charge in [-0.25, -0.2) is 4.98 Å². The van der Waals surface area contributed by atoms with Crippen LogP contribution in [0.15, 0.2) is 12.3 Å². The summed E-state index contributed by atoms with van der Waals surface area (Å²) in [7, 11) is 5.99. The van der Waals surface area contributed by atoms with Crippen molar-refractivity contribution in [2.45, 2.75) is 0 Å². The highest BCUT2D eigenvalue weighted by atomic mass is 35.5. The van der Waals surface area contributed by atoms with Gasteiger partial charge >= 0.3 is 0 Å². The van der Waals surface area contributed by atoms with E-state index in [0.29, 0.717) is 42.7 Å². The van der Waals surface area contributed by atoms with Crippen LogP contribution in [0.5, 0.6) is 0 Å².